The minimum absolute atomic E-state index is 0.165. The van der Waals surface area contributed by atoms with E-state index in [0.29, 0.717) is 0 Å². The Morgan fingerprint density at radius 2 is 2.04 bits per heavy atom. The van der Waals surface area contributed by atoms with Gasteiger partial charge in [-0.05, 0) is 64.8 Å². The number of rotatable bonds is 2. The zero-order valence-corrected chi connectivity index (χ0v) is 17.6. The highest BCUT2D eigenvalue weighted by molar-refractivity contribution is 7.18. The second-order valence-corrected chi connectivity index (χ2v) is 10.4. The molecule has 2 aliphatic rings. The van der Waals surface area contributed by atoms with Gasteiger partial charge in [0.2, 0.25) is 0 Å². The molecule has 2 aromatic rings. The third-order valence-corrected chi connectivity index (χ3v) is 6.52. The van der Waals surface area contributed by atoms with Crippen LogP contribution in [0.3, 0.4) is 0 Å². The van der Waals surface area contributed by atoms with Gasteiger partial charge in [-0.15, -0.1) is 11.3 Å². The van der Waals surface area contributed by atoms with E-state index in [1.165, 1.54) is 10.3 Å². The minimum Gasteiger partial charge on any atom is -0.444 e. The van der Waals surface area contributed by atoms with Crippen molar-refractivity contribution in [3.63, 3.8) is 0 Å². The van der Waals surface area contributed by atoms with Crippen molar-refractivity contribution in [3.8, 4) is 0 Å². The predicted octanol–water partition coefficient (Wildman–Crippen LogP) is 4.44. The molecule has 2 saturated heterocycles. The average Bonchev–Trinajstić information content (AvgIpc) is 3.25. The Morgan fingerprint density at radius 1 is 1.26 bits per heavy atom. The van der Waals surface area contributed by atoms with Crippen LogP contribution in [0.5, 0.6) is 0 Å². The van der Waals surface area contributed by atoms with Crippen LogP contribution in [0.2, 0.25) is 0 Å². The van der Waals surface area contributed by atoms with Gasteiger partial charge >= 0.3 is 6.09 Å². The van der Waals surface area contributed by atoms with E-state index in [-0.39, 0.29) is 11.5 Å². The van der Waals surface area contributed by atoms with Gasteiger partial charge < -0.3 is 9.64 Å². The van der Waals surface area contributed by atoms with Crippen molar-refractivity contribution in [2.45, 2.75) is 52.7 Å². The molecule has 6 heteroatoms. The number of thiazole rings is 1. The van der Waals surface area contributed by atoms with Crippen LogP contribution in [0.4, 0.5) is 4.79 Å². The molecule has 146 valence electrons. The van der Waals surface area contributed by atoms with Crippen LogP contribution in [0.1, 0.15) is 44.2 Å². The first kappa shape index (κ1) is 18.7. The molecular formula is C21H29N3O2S. The zero-order chi connectivity index (χ0) is 19.2. The van der Waals surface area contributed by atoms with Gasteiger partial charge in [-0.3, -0.25) is 4.90 Å². The van der Waals surface area contributed by atoms with Gasteiger partial charge in [0.25, 0.3) is 0 Å². The Hall–Kier alpha value is -1.66. The van der Waals surface area contributed by atoms with Crippen molar-refractivity contribution in [2.24, 2.45) is 5.41 Å². The molecule has 0 N–H and O–H groups in total. The minimum atomic E-state index is -0.429. The van der Waals surface area contributed by atoms with Gasteiger partial charge in [0.05, 0.1) is 15.2 Å². The molecule has 1 spiro atoms. The molecule has 5 nitrogen and oxygen atoms in total. The number of benzene rings is 1. The molecule has 1 unspecified atom stereocenters. The standard InChI is InChI=1S/C21H29N3O2S/c1-15-22-17-11-16(5-6-18(17)27-15)12-23-9-7-21(13-23)8-10-24(14-21)19(25)26-20(2,3)4/h5-6,11H,7-10,12-14H2,1-4H3. The third kappa shape index (κ3) is 4.11. The molecular weight excluding hydrogens is 358 g/mol. The van der Waals surface area contributed by atoms with E-state index in [1.54, 1.807) is 11.3 Å². The van der Waals surface area contributed by atoms with E-state index in [9.17, 15) is 4.79 Å². The summed E-state index contributed by atoms with van der Waals surface area (Å²) in [4.78, 5) is 21.4. The Kier molecular flexibility index (Phi) is 4.67. The molecule has 0 saturated carbocycles. The number of likely N-dealkylation sites (tertiary alicyclic amines) is 2. The van der Waals surface area contributed by atoms with E-state index in [0.717, 1.165) is 56.1 Å². The molecule has 1 aromatic heterocycles. The van der Waals surface area contributed by atoms with Gasteiger partial charge in [0, 0.05) is 31.6 Å². The lowest BCUT2D eigenvalue weighted by molar-refractivity contribution is 0.0274. The van der Waals surface area contributed by atoms with Crippen molar-refractivity contribution < 1.29 is 9.53 Å². The van der Waals surface area contributed by atoms with Gasteiger partial charge in [0.15, 0.2) is 0 Å². The largest absolute Gasteiger partial charge is 0.444 e. The highest BCUT2D eigenvalue weighted by Gasteiger charge is 2.45. The first-order chi connectivity index (χ1) is 12.7. The first-order valence-corrected chi connectivity index (χ1v) is 10.6. The Morgan fingerprint density at radius 3 is 2.81 bits per heavy atom. The summed E-state index contributed by atoms with van der Waals surface area (Å²) in [6.07, 6.45) is 2.07. The fourth-order valence-corrected chi connectivity index (χ4v) is 5.17. The zero-order valence-electron chi connectivity index (χ0n) is 16.7. The van der Waals surface area contributed by atoms with Crippen molar-refractivity contribution in [3.05, 3.63) is 28.8 Å². The Balaban J connectivity index is 1.37. The number of fused-ring (bicyclic) bond motifs is 1. The molecule has 0 bridgehead atoms. The van der Waals surface area contributed by atoms with Crippen LogP contribution in [-0.4, -0.2) is 52.7 Å². The van der Waals surface area contributed by atoms with Crippen molar-refractivity contribution in [1.82, 2.24) is 14.8 Å². The number of carbonyl (C=O) groups is 1. The number of aromatic nitrogens is 1. The van der Waals surface area contributed by atoms with Gasteiger partial charge in [0.1, 0.15) is 5.60 Å². The van der Waals surface area contributed by atoms with Crippen molar-refractivity contribution in [1.29, 1.82) is 0 Å². The summed E-state index contributed by atoms with van der Waals surface area (Å²) in [6.45, 7) is 12.6. The van der Waals surface area contributed by atoms with Crippen LogP contribution < -0.4 is 0 Å². The highest BCUT2D eigenvalue weighted by Crippen LogP contribution is 2.40. The second kappa shape index (κ2) is 6.74. The van der Waals surface area contributed by atoms with E-state index in [4.69, 9.17) is 4.74 Å². The maximum atomic E-state index is 12.4. The lowest BCUT2D eigenvalue weighted by Gasteiger charge is -2.27. The van der Waals surface area contributed by atoms with Crippen molar-refractivity contribution >= 4 is 27.6 Å². The van der Waals surface area contributed by atoms with E-state index >= 15 is 0 Å². The maximum absolute atomic E-state index is 12.4. The summed E-state index contributed by atoms with van der Waals surface area (Å²) in [5.41, 5.74) is 2.24. The number of ether oxygens (including phenoxy) is 1. The molecule has 4 rings (SSSR count). The molecule has 27 heavy (non-hydrogen) atoms. The molecule has 2 fully saturated rings. The SMILES string of the molecule is Cc1nc2cc(CN3CCC4(CCN(C(=O)OC(C)(C)C)C4)C3)ccc2s1. The number of carbonyl (C=O) groups excluding carboxylic acids is 1. The molecule has 1 amide bonds. The lowest BCUT2D eigenvalue weighted by Crippen LogP contribution is -2.37. The van der Waals surface area contributed by atoms with Gasteiger partial charge in [-0.2, -0.15) is 0 Å². The second-order valence-electron chi connectivity index (χ2n) is 9.15. The monoisotopic (exact) mass is 387 g/mol. The number of hydrogen-bond donors (Lipinski definition) is 0. The summed E-state index contributed by atoms with van der Waals surface area (Å²) < 4.78 is 6.82. The predicted molar refractivity (Wildman–Crippen MR) is 109 cm³/mol. The van der Waals surface area contributed by atoms with Gasteiger partial charge in [-0.1, -0.05) is 6.07 Å². The van der Waals surface area contributed by atoms with E-state index in [1.807, 2.05) is 25.7 Å². The smallest absolute Gasteiger partial charge is 0.410 e. The summed E-state index contributed by atoms with van der Waals surface area (Å²) in [6, 6.07) is 6.65. The third-order valence-electron chi connectivity index (χ3n) is 5.57. The van der Waals surface area contributed by atoms with E-state index in [2.05, 4.69) is 35.0 Å². The number of amides is 1. The molecule has 3 heterocycles. The quantitative estimate of drug-likeness (QED) is 0.764. The van der Waals surface area contributed by atoms with Crippen LogP contribution in [0, 0.1) is 12.3 Å². The Labute approximate surface area is 165 Å². The lowest BCUT2D eigenvalue weighted by atomic mass is 9.86. The van der Waals surface area contributed by atoms with Gasteiger partial charge in [-0.25, -0.2) is 9.78 Å². The summed E-state index contributed by atoms with van der Waals surface area (Å²) in [7, 11) is 0. The number of hydrogen-bond acceptors (Lipinski definition) is 5. The summed E-state index contributed by atoms with van der Waals surface area (Å²) in [5, 5.41) is 1.12. The number of aryl methyl sites for hydroxylation is 1. The normalized spacial score (nSPS) is 23.6. The molecule has 0 radical (unpaired) electrons. The topological polar surface area (TPSA) is 45.7 Å². The van der Waals surface area contributed by atoms with E-state index < -0.39 is 5.60 Å². The van der Waals surface area contributed by atoms with Crippen LogP contribution in [-0.2, 0) is 11.3 Å². The molecule has 1 atom stereocenters. The summed E-state index contributed by atoms with van der Waals surface area (Å²) in [5.74, 6) is 0. The van der Waals surface area contributed by atoms with Crippen LogP contribution in [0.15, 0.2) is 18.2 Å². The first-order valence-electron chi connectivity index (χ1n) is 9.78. The fourth-order valence-electron chi connectivity index (χ4n) is 4.36. The fraction of sp³-hybridized carbons (Fsp3) is 0.619. The Bertz CT molecular complexity index is 857. The average molecular weight is 388 g/mol. The summed E-state index contributed by atoms with van der Waals surface area (Å²) >= 11 is 1.75. The highest BCUT2D eigenvalue weighted by atomic mass is 32.1. The molecule has 0 aliphatic carbocycles. The maximum Gasteiger partial charge on any atom is 0.410 e. The molecule has 1 aromatic carbocycles. The van der Waals surface area contributed by atoms with Crippen LogP contribution >= 0.6 is 11.3 Å². The van der Waals surface area contributed by atoms with Crippen LogP contribution in [0.25, 0.3) is 10.2 Å². The number of nitrogens with zero attached hydrogens (tertiary/aromatic N) is 3. The molecule has 2 aliphatic heterocycles. The van der Waals surface area contributed by atoms with Crippen molar-refractivity contribution in [2.75, 3.05) is 26.2 Å².